The van der Waals surface area contributed by atoms with Gasteiger partial charge in [-0.25, -0.2) is 0 Å². The quantitative estimate of drug-likeness (QED) is 0.842. The van der Waals surface area contributed by atoms with Gasteiger partial charge in [0.25, 0.3) is 5.91 Å². The van der Waals surface area contributed by atoms with Crippen molar-refractivity contribution in [3.63, 3.8) is 0 Å². The molecule has 1 aliphatic heterocycles. The van der Waals surface area contributed by atoms with Crippen LogP contribution < -0.4 is 10.6 Å². The number of hydrogen-bond donors (Lipinski definition) is 2. The number of amides is 1. The predicted molar refractivity (Wildman–Crippen MR) is 93.4 cm³/mol. The van der Waals surface area contributed by atoms with Crippen LogP contribution in [-0.2, 0) is 15.1 Å². The Hall–Kier alpha value is -1.39. The number of piperidine rings is 1. The number of hydrogen-bond acceptors (Lipinski definition) is 3. The Bertz CT molecular complexity index is 575. The van der Waals surface area contributed by atoms with E-state index < -0.39 is 5.60 Å². The van der Waals surface area contributed by atoms with Crippen LogP contribution in [0.1, 0.15) is 31.2 Å². The zero-order chi connectivity index (χ0) is 16.6. The summed E-state index contributed by atoms with van der Waals surface area (Å²) in [5.74, 6) is 2.52. The van der Waals surface area contributed by atoms with E-state index in [0.717, 1.165) is 49.9 Å². The summed E-state index contributed by atoms with van der Waals surface area (Å²) in [5.41, 5.74) is 0.162. The minimum absolute atomic E-state index is 0.0565. The standard InChI is InChI=1S/C20H28N2O2/c1-24-20(15-9-5-6-10-15,14-7-3-2-4-8-14)19(23)22-13-18-16-11-21-12-17(16)18/h2-4,7-8,15-18,21H,5-6,9-13H2,1H3,(H,22,23)/t16-,17+,18?,20?. The van der Waals surface area contributed by atoms with Gasteiger partial charge in [-0.1, -0.05) is 43.2 Å². The second-order valence-electron chi connectivity index (χ2n) is 7.65. The van der Waals surface area contributed by atoms with Gasteiger partial charge in [-0.05, 0) is 49.2 Å². The second kappa shape index (κ2) is 6.49. The van der Waals surface area contributed by atoms with E-state index in [1.165, 1.54) is 12.8 Å². The van der Waals surface area contributed by atoms with Crippen LogP contribution in [0.3, 0.4) is 0 Å². The Morgan fingerprint density at radius 1 is 1.21 bits per heavy atom. The molecule has 0 radical (unpaired) electrons. The number of methoxy groups -OCH3 is 1. The van der Waals surface area contributed by atoms with E-state index >= 15 is 0 Å². The molecule has 3 aliphatic rings. The Labute approximate surface area is 144 Å². The molecule has 0 spiro atoms. The molecule has 130 valence electrons. The fraction of sp³-hybridized carbons (Fsp3) is 0.650. The summed E-state index contributed by atoms with van der Waals surface area (Å²) in [4.78, 5) is 13.3. The Balaban J connectivity index is 1.53. The molecule has 4 nitrogen and oxygen atoms in total. The van der Waals surface area contributed by atoms with Gasteiger partial charge in [-0.2, -0.15) is 0 Å². The average Bonchev–Trinajstić information content (AvgIpc) is 3.06. The number of benzene rings is 1. The second-order valence-corrected chi connectivity index (χ2v) is 7.65. The topological polar surface area (TPSA) is 50.4 Å². The van der Waals surface area contributed by atoms with Crippen molar-refractivity contribution in [2.75, 3.05) is 26.7 Å². The van der Waals surface area contributed by atoms with E-state index in [1.807, 2.05) is 30.3 Å². The molecular formula is C20H28N2O2. The van der Waals surface area contributed by atoms with Crippen LogP contribution in [-0.4, -0.2) is 32.7 Å². The summed E-state index contributed by atoms with van der Waals surface area (Å²) >= 11 is 0. The van der Waals surface area contributed by atoms with Crippen LogP contribution in [0.5, 0.6) is 0 Å². The van der Waals surface area contributed by atoms with Crippen molar-refractivity contribution in [3.05, 3.63) is 35.9 Å². The summed E-state index contributed by atoms with van der Waals surface area (Å²) < 4.78 is 5.99. The number of rotatable bonds is 6. The first-order chi connectivity index (χ1) is 11.8. The third kappa shape index (κ3) is 2.56. The Morgan fingerprint density at radius 2 is 1.88 bits per heavy atom. The van der Waals surface area contributed by atoms with Crippen molar-refractivity contribution in [2.24, 2.45) is 23.7 Å². The number of carbonyl (C=O) groups is 1. The van der Waals surface area contributed by atoms with Gasteiger partial charge in [0.1, 0.15) is 0 Å². The SMILES string of the molecule is COC(C(=O)NCC1[C@H]2CNC[C@@H]12)(c1ccccc1)C1CCCC1. The van der Waals surface area contributed by atoms with Gasteiger partial charge < -0.3 is 15.4 Å². The van der Waals surface area contributed by atoms with E-state index in [4.69, 9.17) is 4.74 Å². The number of fused-ring (bicyclic) bond motifs is 1. The highest BCUT2D eigenvalue weighted by molar-refractivity contribution is 5.87. The normalized spacial score (nSPS) is 31.5. The number of nitrogens with one attached hydrogen (secondary N) is 2. The lowest BCUT2D eigenvalue weighted by Gasteiger charge is -2.37. The van der Waals surface area contributed by atoms with E-state index in [0.29, 0.717) is 5.92 Å². The van der Waals surface area contributed by atoms with E-state index in [-0.39, 0.29) is 11.8 Å². The van der Waals surface area contributed by atoms with Gasteiger partial charge in [-0.3, -0.25) is 4.79 Å². The third-order valence-electron chi connectivity index (χ3n) is 6.56. The molecular weight excluding hydrogens is 300 g/mol. The molecule has 3 fully saturated rings. The first kappa shape index (κ1) is 16.1. The highest BCUT2D eigenvalue weighted by Crippen LogP contribution is 2.48. The molecule has 0 aromatic heterocycles. The van der Waals surface area contributed by atoms with Crippen LogP contribution in [0.4, 0.5) is 0 Å². The first-order valence-electron chi connectivity index (χ1n) is 9.37. The molecule has 4 atom stereocenters. The first-order valence-corrected chi connectivity index (χ1v) is 9.37. The molecule has 1 heterocycles. The maximum Gasteiger partial charge on any atom is 0.257 e. The van der Waals surface area contributed by atoms with E-state index in [2.05, 4.69) is 10.6 Å². The largest absolute Gasteiger partial charge is 0.363 e. The van der Waals surface area contributed by atoms with Crippen molar-refractivity contribution in [3.8, 4) is 0 Å². The fourth-order valence-electron chi connectivity index (χ4n) is 5.14. The Morgan fingerprint density at radius 3 is 2.50 bits per heavy atom. The molecule has 1 aromatic carbocycles. The molecule has 2 aliphatic carbocycles. The van der Waals surface area contributed by atoms with Crippen LogP contribution in [0.25, 0.3) is 0 Å². The van der Waals surface area contributed by atoms with Gasteiger partial charge in [0, 0.05) is 19.6 Å². The van der Waals surface area contributed by atoms with Crippen molar-refractivity contribution >= 4 is 5.91 Å². The van der Waals surface area contributed by atoms with Gasteiger partial charge >= 0.3 is 0 Å². The zero-order valence-electron chi connectivity index (χ0n) is 14.5. The van der Waals surface area contributed by atoms with Gasteiger partial charge in [-0.15, -0.1) is 0 Å². The summed E-state index contributed by atoms with van der Waals surface area (Å²) in [6.45, 7) is 3.02. The smallest absolute Gasteiger partial charge is 0.257 e. The van der Waals surface area contributed by atoms with Crippen molar-refractivity contribution < 1.29 is 9.53 Å². The summed E-state index contributed by atoms with van der Waals surface area (Å²) in [6.07, 6.45) is 4.51. The molecule has 1 amide bonds. The molecule has 2 saturated carbocycles. The van der Waals surface area contributed by atoms with Crippen LogP contribution in [0, 0.1) is 23.7 Å². The maximum absolute atomic E-state index is 13.3. The average molecular weight is 328 g/mol. The lowest BCUT2D eigenvalue weighted by molar-refractivity contribution is -0.153. The minimum atomic E-state index is -0.833. The number of carbonyl (C=O) groups excluding carboxylic acids is 1. The molecule has 1 aromatic rings. The van der Waals surface area contributed by atoms with Crippen molar-refractivity contribution in [1.29, 1.82) is 0 Å². The third-order valence-corrected chi connectivity index (χ3v) is 6.56. The minimum Gasteiger partial charge on any atom is -0.363 e. The molecule has 2 N–H and O–H groups in total. The van der Waals surface area contributed by atoms with Gasteiger partial charge in [0.2, 0.25) is 0 Å². The lowest BCUT2D eigenvalue weighted by atomic mass is 9.79. The predicted octanol–water partition coefficient (Wildman–Crippen LogP) is 2.30. The van der Waals surface area contributed by atoms with Crippen molar-refractivity contribution in [1.82, 2.24) is 10.6 Å². The lowest BCUT2D eigenvalue weighted by Crippen LogP contribution is -2.51. The zero-order valence-corrected chi connectivity index (χ0v) is 14.5. The molecule has 2 unspecified atom stereocenters. The van der Waals surface area contributed by atoms with Gasteiger partial charge in [0.05, 0.1) is 0 Å². The van der Waals surface area contributed by atoms with Crippen molar-refractivity contribution in [2.45, 2.75) is 31.3 Å². The summed E-state index contributed by atoms with van der Waals surface area (Å²) in [7, 11) is 1.70. The highest BCUT2D eigenvalue weighted by Gasteiger charge is 2.54. The highest BCUT2D eigenvalue weighted by atomic mass is 16.5. The van der Waals surface area contributed by atoms with E-state index in [9.17, 15) is 4.79 Å². The maximum atomic E-state index is 13.3. The Kier molecular flexibility index (Phi) is 4.35. The van der Waals surface area contributed by atoms with Gasteiger partial charge in [0.15, 0.2) is 5.60 Å². The monoisotopic (exact) mass is 328 g/mol. The van der Waals surface area contributed by atoms with E-state index in [1.54, 1.807) is 7.11 Å². The molecule has 4 rings (SSSR count). The fourth-order valence-corrected chi connectivity index (χ4v) is 5.14. The molecule has 1 saturated heterocycles. The molecule has 0 bridgehead atoms. The number of ether oxygens (including phenoxy) is 1. The summed E-state index contributed by atoms with van der Waals surface area (Å²) in [5, 5.41) is 6.66. The molecule has 24 heavy (non-hydrogen) atoms. The summed E-state index contributed by atoms with van der Waals surface area (Å²) in [6, 6.07) is 10.1. The molecule has 4 heteroatoms. The van der Waals surface area contributed by atoms with Crippen LogP contribution >= 0.6 is 0 Å². The van der Waals surface area contributed by atoms with Crippen LogP contribution in [0.2, 0.25) is 0 Å². The van der Waals surface area contributed by atoms with Crippen LogP contribution in [0.15, 0.2) is 30.3 Å².